The van der Waals surface area contributed by atoms with E-state index in [-0.39, 0.29) is 10.7 Å². The van der Waals surface area contributed by atoms with Crippen molar-refractivity contribution in [3.8, 4) is 0 Å². The van der Waals surface area contributed by atoms with Gasteiger partial charge in [0.1, 0.15) is 11.7 Å². The van der Waals surface area contributed by atoms with E-state index in [1.807, 2.05) is 45.0 Å². The maximum atomic E-state index is 12.8. The highest BCUT2D eigenvalue weighted by Crippen LogP contribution is 2.40. The van der Waals surface area contributed by atoms with Crippen LogP contribution in [0.4, 0.5) is 0 Å². The molecular weight excluding hydrogens is 459 g/mol. The highest BCUT2D eigenvalue weighted by molar-refractivity contribution is 14.1. The van der Waals surface area contributed by atoms with Gasteiger partial charge in [0, 0.05) is 3.57 Å². The summed E-state index contributed by atoms with van der Waals surface area (Å²) in [7, 11) is -2.20. The van der Waals surface area contributed by atoms with Crippen molar-refractivity contribution in [2.45, 2.75) is 71.4 Å². The number of rotatable bonds is 5. The van der Waals surface area contributed by atoms with E-state index in [9.17, 15) is 4.79 Å². The van der Waals surface area contributed by atoms with Crippen molar-refractivity contribution in [1.29, 1.82) is 0 Å². The van der Waals surface area contributed by atoms with Crippen LogP contribution in [0.15, 0.2) is 29.4 Å². The third-order valence-electron chi connectivity index (χ3n) is 4.40. The first-order valence-electron chi connectivity index (χ1n) is 8.63. The minimum absolute atomic E-state index is 0.0287. The minimum Gasteiger partial charge on any atom is -0.455 e. The highest BCUT2D eigenvalue weighted by atomic mass is 127. The van der Waals surface area contributed by atoms with E-state index >= 15 is 0 Å². The number of benzene rings is 1. The first kappa shape index (κ1) is 23.1. The number of hydrazone groups is 1. The Kier molecular flexibility index (Phi) is 7.46. The van der Waals surface area contributed by atoms with E-state index in [4.69, 9.17) is 15.0 Å². The van der Waals surface area contributed by atoms with Crippen LogP contribution in [0.2, 0.25) is 18.1 Å². The molecular formula is C19H31IN2O3Si. The largest absolute Gasteiger partial charge is 0.455 e. The van der Waals surface area contributed by atoms with Crippen LogP contribution >= 0.6 is 22.6 Å². The fourth-order valence-electron chi connectivity index (χ4n) is 1.98. The minimum atomic E-state index is -2.20. The molecule has 0 spiro atoms. The summed E-state index contributed by atoms with van der Waals surface area (Å²) in [5, 5.41) is 3.76. The van der Waals surface area contributed by atoms with Crippen LogP contribution in [0.25, 0.3) is 0 Å². The summed E-state index contributed by atoms with van der Waals surface area (Å²) in [5.74, 6) is 5.08. The van der Waals surface area contributed by atoms with Gasteiger partial charge in [-0.3, -0.25) is 0 Å². The predicted octanol–water partition coefficient (Wildman–Crippen LogP) is 5.01. The number of carbonyl (C=O) groups is 1. The van der Waals surface area contributed by atoms with Crippen molar-refractivity contribution < 1.29 is 14.0 Å². The zero-order valence-corrected chi connectivity index (χ0v) is 20.2. The number of nitrogens with two attached hydrogens (primary N) is 1. The Morgan fingerprint density at radius 1 is 1.15 bits per heavy atom. The van der Waals surface area contributed by atoms with Crippen molar-refractivity contribution in [2.24, 2.45) is 10.9 Å². The Balaban J connectivity index is 3.41. The average Bonchev–Trinajstić information content (AvgIpc) is 2.44. The van der Waals surface area contributed by atoms with Crippen LogP contribution in [-0.4, -0.2) is 25.6 Å². The van der Waals surface area contributed by atoms with Gasteiger partial charge < -0.3 is 15.0 Å². The van der Waals surface area contributed by atoms with Crippen molar-refractivity contribution >= 4 is 42.6 Å². The maximum absolute atomic E-state index is 12.8. The normalized spacial score (nSPS) is 14.9. The van der Waals surface area contributed by atoms with Gasteiger partial charge in [0.2, 0.25) is 0 Å². The Labute approximate surface area is 172 Å². The standard InChI is InChI=1S/C19H31IN2O3Si/c1-18(2,3)24-17(23)15(22-21)16(13-11-9-10-12-14(13)20)25-26(7,8)19(4,5)6/h9-12,16H,21H2,1-8H3/b22-15+. The van der Waals surface area contributed by atoms with E-state index in [0.717, 1.165) is 9.13 Å². The summed E-state index contributed by atoms with van der Waals surface area (Å²) in [6.45, 7) is 16.2. The number of hydrogen-bond acceptors (Lipinski definition) is 5. The summed E-state index contributed by atoms with van der Waals surface area (Å²) >= 11 is 2.24. The van der Waals surface area contributed by atoms with E-state index < -0.39 is 26.0 Å². The number of hydrogen-bond donors (Lipinski definition) is 1. The Bertz CT molecular complexity index is 676. The molecule has 2 N–H and O–H groups in total. The molecule has 0 aliphatic carbocycles. The third kappa shape index (κ3) is 6.06. The second-order valence-electron chi connectivity index (χ2n) is 8.80. The van der Waals surface area contributed by atoms with Crippen LogP contribution in [0, 0.1) is 3.57 Å². The molecule has 146 valence electrons. The fraction of sp³-hybridized carbons (Fsp3) is 0.579. The summed E-state index contributed by atoms with van der Waals surface area (Å²) < 4.78 is 13.1. The third-order valence-corrected chi connectivity index (χ3v) is 9.82. The molecule has 0 saturated heterocycles. The number of halogens is 1. The summed E-state index contributed by atoms with van der Waals surface area (Å²) in [5.41, 5.74) is 0.320. The molecule has 1 aromatic carbocycles. The molecule has 1 aromatic rings. The Morgan fingerprint density at radius 2 is 1.69 bits per heavy atom. The Morgan fingerprint density at radius 3 is 2.12 bits per heavy atom. The predicted molar refractivity (Wildman–Crippen MR) is 118 cm³/mol. The number of ether oxygens (including phenoxy) is 1. The molecule has 5 nitrogen and oxygen atoms in total. The molecule has 0 bridgehead atoms. The molecule has 1 atom stereocenters. The molecule has 26 heavy (non-hydrogen) atoms. The SMILES string of the molecule is CC(C)(C)OC(=O)/C(=N/N)C(O[Si](C)(C)C(C)(C)C)c1ccccc1I. The topological polar surface area (TPSA) is 73.9 Å². The lowest BCUT2D eigenvalue weighted by Gasteiger charge is -2.39. The molecule has 0 aromatic heterocycles. The van der Waals surface area contributed by atoms with E-state index in [0.29, 0.717) is 0 Å². The number of nitrogens with zero attached hydrogens (tertiary/aromatic N) is 1. The molecule has 0 radical (unpaired) electrons. The van der Waals surface area contributed by atoms with Crippen molar-refractivity contribution in [3.63, 3.8) is 0 Å². The summed E-state index contributed by atoms with van der Waals surface area (Å²) in [6.07, 6.45) is -0.663. The molecule has 1 unspecified atom stereocenters. The monoisotopic (exact) mass is 490 g/mol. The quantitative estimate of drug-likeness (QED) is 0.157. The number of carbonyl (C=O) groups excluding carboxylic acids is 1. The van der Waals surface area contributed by atoms with Gasteiger partial charge in [0.15, 0.2) is 14.0 Å². The smallest absolute Gasteiger partial charge is 0.358 e. The van der Waals surface area contributed by atoms with Gasteiger partial charge in [-0.05, 0) is 73.1 Å². The summed E-state index contributed by atoms with van der Waals surface area (Å²) in [6, 6.07) is 7.78. The number of esters is 1. The molecule has 0 aliphatic rings. The van der Waals surface area contributed by atoms with Gasteiger partial charge in [-0.15, -0.1) is 0 Å². The zero-order chi connectivity index (χ0) is 20.3. The molecule has 1 rings (SSSR count). The van der Waals surface area contributed by atoms with Gasteiger partial charge in [0.25, 0.3) is 0 Å². The van der Waals surface area contributed by atoms with Gasteiger partial charge in [-0.25, -0.2) is 4.79 Å². The van der Waals surface area contributed by atoms with Crippen LogP contribution in [0.1, 0.15) is 53.2 Å². The van der Waals surface area contributed by atoms with E-state index in [1.54, 1.807) is 0 Å². The lowest BCUT2D eigenvalue weighted by molar-refractivity contribution is -0.146. The van der Waals surface area contributed by atoms with Crippen LogP contribution in [-0.2, 0) is 14.0 Å². The molecule has 0 aliphatic heterocycles. The molecule has 0 fully saturated rings. The molecule has 0 heterocycles. The molecule has 0 saturated carbocycles. The van der Waals surface area contributed by atoms with Crippen molar-refractivity contribution in [1.82, 2.24) is 0 Å². The maximum Gasteiger partial charge on any atom is 0.358 e. The molecule has 7 heteroatoms. The zero-order valence-electron chi connectivity index (χ0n) is 17.0. The Hall–Kier alpha value is -0.933. The highest BCUT2D eigenvalue weighted by Gasteiger charge is 2.42. The fourth-order valence-corrected chi connectivity index (χ4v) is 3.84. The van der Waals surface area contributed by atoms with Gasteiger partial charge in [-0.1, -0.05) is 39.0 Å². The second kappa shape index (κ2) is 8.39. The van der Waals surface area contributed by atoms with Crippen LogP contribution < -0.4 is 5.84 Å². The van der Waals surface area contributed by atoms with Crippen molar-refractivity contribution in [3.05, 3.63) is 33.4 Å². The molecule has 0 amide bonds. The first-order valence-corrected chi connectivity index (χ1v) is 12.6. The first-order chi connectivity index (χ1) is 11.7. The lowest BCUT2D eigenvalue weighted by atomic mass is 10.0. The van der Waals surface area contributed by atoms with Gasteiger partial charge >= 0.3 is 5.97 Å². The van der Waals surface area contributed by atoms with E-state index in [2.05, 4.69) is 61.6 Å². The second-order valence-corrected chi connectivity index (χ2v) is 14.7. The average molecular weight is 490 g/mol. The summed E-state index contributed by atoms with van der Waals surface area (Å²) in [4.78, 5) is 12.8. The van der Waals surface area contributed by atoms with Crippen molar-refractivity contribution in [2.75, 3.05) is 0 Å². The lowest BCUT2D eigenvalue weighted by Crippen LogP contribution is -2.45. The van der Waals surface area contributed by atoms with E-state index in [1.165, 1.54) is 0 Å². The van der Waals surface area contributed by atoms with Gasteiger partial charge in [0.05, 0.1) is 0 Å². The van der Waals surface area contributed by atoms with Crippen LogP contribution in [0.3, 0.4) is 0 Å². The van der Waals surface area contributed by atoms with Crippen LogP contribution in [0.5, 0.6) is 0 Å². The van der Waals surface area contributed by atoms with Gasteiger partial charge in [-0.2, -0.15) is 5.10 Å².